The summed E-state index contributed by atoms with van der Waals surface area (Å²) in [5.41, 5.74) is -0.764. The zero-order valence-corrected chi connectivity index (χ0v) is 23.2. The predicted molar refractivity (Wildman–Crippen MR) is 117 cm³/mol. The molecule has 0 fully saturated rings. The van der Waals surface area contributed by atoms with E-state index in [1.165, 1.54) is 24.3 Å². The molecule has 2 heterocycles. The van der Waals surface area contributed by atoms with E-state index in [9.17, 15) is 24.3 Å². The van der Waals surface area contributed by atoms with E-state index in [1.807, 2.05) is 0 Å². The van der Waals surface area contributed by atoms with Crippen molar-refractivity contribution in [1.82, 2.24) is 0 Å². The Balaban J connectivity index is 0.00000342. The summed E-state index contributed by atoms with van der Waals surface area (Å²) in [7, 11) is 0. The van der Waals surface area contributed by atoms with E-state index >= 15 is 0 Å². The van der Waals surface area contributed by atoms with Gasteiger partial charge in [-0.3, -0.25) is 9.59 Å². The molecule has 11 nitrogen and oxygen atoms in total. The topological polar surface area (TPSA) is 174 Å². The molecule has 0 aliphatic carbocycles. The SMILES string of the molecule is O=C(O)c1cc(=O)c2c(CC(O)COOc3cccc4oc(C(=O)O)cc(=O)c34)cccc2o1.[H-].[H-].[Na+].[Na+]. The predicted octanol–water partition coefficient (Wildman–Crippen LogP) is -3.56. The van der Waals surface area contributed by atoms with Crippen molar-refractivity contribution in [1.29, 1.82) is 0 Å². The Hall–Kier alpha value is -2.48. The molecule has 0 spiro atoms. The monoisotopic (exact) mass is 516 g/mol. The van der Waals surface area contributed by atoms with E-state index < -0.39 is 40.4 Å². The van der Waals surface area contributed by atoms with Crippen LogP contribution in [0.3, 0.4) is 0 Å². The minimum absolute atomic E-state index is 0. The Morgan fingerprint density at radius 3 is 1.97 bits per heavy atom. The molecule has 4 aromatic rings. The number of hydrogen-bond acceptors (Lipinski definition) is 9. The number of carboxylic acid groups (broad SMARTS) is 2. The average Bonchev–Trinajstić information content (AvgIpc) is 2.78. The summed E-state index contributed by atoms with van der Waals surface area (Å²) >= 11 is 0. The van der Waals surface area contributed by atoms with Crippen molar-refractivity contribution in [2.75, 3.05) is 6.61 Å². The molecule has 0 aliphatic rings. The molecule has 2 aromatic heterocycles. The van der Waals surface area contributed by atoms with Gasteiger partial charge in [-0.25, -0.2) is 9.59 Å². The third-order valence-electron chi connectivity index (χ3n) is 4.84. The molecule has 0 radical (unpaired) electrons. The molecule has 0 amide bonds. The van der Waals surface area contributed by atoms with Gasteiger partial charge in [-0.05, 0) is 23.8 Å². The molecule has 0 saturated carbocycles. The molecule has 0 bridgehead atoms. The van der Waals surface area contributed by atoms with E-state index in [0.29, 0.717) is 5.56 Å². The first-order chi connectivity index (χ1) is 16.2. The van der Waals surface area contributed by atoms with Gasteiger partial charge < -0.3 is 31.9 Å². The van der Waals surface area contributed by atoms with Crippen molar-refractivity contribution < 1.29 is 105 Å². The van der Waals surface area contributed by atoms with Crippen molar-refractivity contribution in [2.45, 2.75) is 12.5 Å². The van der Waals surface area contributed by atoms with Crippen LogP contribution in [0.4, 0.5) is 0 Å². The molecular formula is C23H18Na2O11. The number of fused-ring (bicyclic) bond motifs is 2. The summed E-state index contributed by atoms with van der Waals surface area (Å²) in [6.45, 7) is -0.357. The van der Waals surface area contributed by atoms with Crippen LogP contribution >= 0.6 is 0 Å². The molecule has 178 valence electrons. The molecule has 3 N–H and O–H groups in total. The van der Waals surface area contributed by atoms with Crippen LogP contribution in [0.1, 0.15) is 29.5 Å². The van der Waals surface area contributed by atoms with Crippen molar-refractivity contribution in [3.63, 3.8) is 0 Å². The Morgan fingerprint density at radius 2 is 1.39 bits per heavy atom. The second kappa shape index (κ2) is 12.7. The van der Waals surface area contributed by atoms with Gasteiger partial charge in [0, 0.05) is 18.6 Å². The van der Waals surface area contributed by atoms with Gasteiger partial charge in [-0.2, -0.15) is 4.89 Å². The zero-order valence-electron chi connectivity index (χ0n) is 21.2. The Morgan fingerprint density at radius 1 is 0.861 bits per heavy atom. The van der Waals surface area contributed by atoms with Crippen LogP contribution in [-0.4, -0.2) is 40.0 Å². The van der Waals surface area contributed by atoms with E-state index in [4.69, 9.17) is 28.8 Å². The standard InChI is InChI=1S/C23H16O11.2Na.2H/c24-12(7-11-3-1-4-15-20(11)13(25)8-18(32-15)22(27)28)10-31-34-17-6-2-5-16-21(17)14(26)9-19(33-16)23(29)30;;;;/h1-6,8-9,12,24H,7,10H2,(H,27,28)(H,29,30);;;;/q;2*+1;2*-1. The molecule has 0 saturated heterocycles. The van der Waals surface area contributed by atoms with Crippen LogP contribution < -0.4 is 74.9 Å². The van der Waals surface area contributed by atoms with E-state index in [1.54, 1.807) is 12.1 Å². The van der Waals surface area contributed by atoms with Crippen molar-refractivity contribution in [3.05, 3.63) is 86.1 Å². The largest absolute Gasteiger partial charge is 1.00 e. The first-order valence-corrected chi connectivity index (χ1v) is 9.81. The third kappa shape index (κ3) is 6.44. The van der Waals surface area contributed by atoms with Crippen LogP contribution in [0.2, 0.25) is 0 Å². The normalized spacial score (nSPS) is 11.4. The third-order valence-corrected chi connectivity index (χ3v) is 4.84. The minimum atomic E-state index is -1.40. The van der Waals surface area contributed by atoms with E-state index in [0.717, 1.165) is 12.1 Å². The van der Waals surface area contributed by atoms with E-state index in [2.05, 4.69) is 0 Å². The van der Waals surface area contributed by atoms with Crippen LogP contribution in [0.15, 0.2) is 67.0 Å². The van der Waals surface area contributed by atoms with Gasteiger partial charge in [0.05, 0.1) is 11.5 Å². The molecule has 4 rings (SSSR count). The van der Waals surface area contributed by atoms with Crippen molar-refractivity contribution >= 4 is 33.9 Å². The molecule has 0 aliphatic heterocycles. The quantitative estimate of drug-likeness (QED) is 0.120. The summed E-state index contributed by atoms with van der Waals surface area (Å²) in [5.74, 6) is -3.84. The number of aliphatic hydroxyl groups is 1. The maximum Gasteiger partial charge on any atom is 1.00 e. The van der Waals surface area contributed by atoms with Gasteiger partial charge in [0.15, 0.2) is 16.6 Å². The summed E-state index contributed by atoms with van der Waals surface area (Å²) in [5, 5.41) is 28.5. The molecule has 13 heteroatoms. The maximum absolute atomic E-state index is 12.4. The van der Waals surface area contributed by atoms with Crippen LogP contribution in [0, 0.1) is 0 Å². The van der Waals surface area contributed by atoms with Crippen LogP contribution in [-0.2, 0) is 11.3 Å². The molecule has 1 atom stereocenters. The number of hydrogen-bond donors (Lipinski definition) is 3. The smallest absolute Gasteiger partial charge is 1.00 e. The van der Waals surface area contributed by atoms with Crippen LogP contribution in [0.5, 0.6) is 5.75 Å². The fraction of sp³-hybridized carbons (Fsp3) is 0.130. The summed E-state index contributed by atoms with van der Waals surface area (Å²) in [4.78, 5) is 57.1. The molecule has 1 unspecified atom stereocenters. The first kappa shape index (κ1) is 29.7. The summed E-state index contributed by atoms with van der Waals surface area (Å²) in [6, 6.07) is 10.5. The van der Waals surface area contributed by atoms with Gasteiger partial charge in [0.1, 0.15) is 23.2 Å². The minimum Gasteiger partial charge on any atom is -1.00 e. The second-order valence-corrected chi connectivity index (χ2v) is 7.21. The number of carbonyl (C=O) groups is 2. The number of rotatable bonds is 8. The second-order valence-electron chi connectivity index (χ2n) is 7.21. The van der Waals surface area contributed by atoms with Gasteiger partial charge in [-0.1, -0.05) is 18.2 Å². The zero-order chi connectivity index (χ0) is 24.4. The van der Waals surface area contributed by atoms with Crippen LogP contribution in [0.25, 0.3) is 21.9 Å². The fourth-order valence-corrected chi connectivity index (χ4v) is 3.40. The van der Waals surface area contributed by atoms with Gasteiger partial charge >= 0.3 is 71.1 Å². The van der Waals surface area contributed by atoms with E-state index in [-0.39, 0.29) is 103 Å². The van der Waals surface area contributed by atoms with Gasteiger partial charge in [0.25, 0.3) is 0 Å². The fourth-order valence-electron chi connectivity index (χ4n) is 3.40. The number of carboxylic acids is 2. The molecular weight excluding hydrogens is 498 g/mol. The average molecular weight is 516 g/mol. The maximum atomic E-state index is 12.4. The Bertz CT molecular complexity index is 1550. The van der Waals surface area contributed by atoms with Gasteiger partial charge in [0.2, 0.25) is 11.5 Å². The number of benzene rings is 2. The van der Waals surface area contributed by atoms with Crippen molar-refractivity contribution in [2.24, 2.45) is 0 Å². The molecule has 2 aromatic carbocycles. The van der Waals surface area contributed by atoms with Gasteiger partial charge in [-0.15, -0.1) is 0 Å². The number of aromatic carboxylic acids is 2. The summed E-state index contributed by atoms with van der Waals surface area (Å²) in [6.07, 6.45) is -1.19. The Kier molecular flexibility index (Phi) is 10.5. The summed E-state index contributed by atoms with van der Waals surface area (Å²) < 4.78 is 10.4. The first-order valence-electron chi connectivity index (χ1n) is 9.81. The number of aliphatic hydroxyl groups excluding tert-OH is 1. The van der Waals surface area contributed by atoms with Crippen molar-refractivity contribution in [3.8, 4) is 5.75 Å². The molecule has 36 heavy (non-hydrogen) atoms. The Labute approximate surface area is 248 Å².